The molecular formula is C9H11Cl2N3. The van der Waals surface area contributed by atoms with E-state index in [0.717, 1.165) is 5.56 Å². The Bertz CT molecular complexity index is 375. The fraction of sp³-hybridized carbons (Fsp3) is 0.222. The van der Waals surface area contributed by atoms with E-state index in [1.165, 1.54) is 0 Å². The van der Waals surface area contributed by atoms with Crippen molar-refractivity contribution in [3.05, 3.63) is 27.7 Å². The van der Waals surface area contributed by atoms with Gasteiger partial charge in [-0.2, -0.15) is 0 Å². The third-order valence-corrected chi connectivity index (χ3v) is 2.58. The van der Waals surface area contributed by atoms with E-state index in [2.05, 4.69) is 10.3 Å². The second-order valence-corrected chi connectivity index (χ2v) is 3.57. The van der Waals surface area contributed by atoms with E-state index in [-0.39, 0.29) is 5.96 Å². The minimum absolute atomic E-state index is 0.277. The van der Waals surface area contributed by atoms with Gasteiger partial charge in [0, 0.05) is 7.05 Å². The Morgan fingerprint density at radius 1 is 1.43 bits per heavy atom. The first kappa shape index (κ1) is 11.1. The molecule has 0 saturated carbocycles. The minimum atomic E-state index is 0.277. The number of nitrogens with zero attached hydrogens (tertiary/aromatic N) is 1. The van der Waals surface area contributed by atoms with Gasteiger partial charge in [-0.15, -0.1) is 0 Å². The quantitative estimate of drug-likeness (QED) is 0.577. The summed E-state index contributed by atoms with van der Waals surface area (Å²) in [5.41, 5.74) is 7.04. The van der Waals surface area contributed by atoms with Gasteiger partial charge in [0.1, 0.15) is 0 Å². The monoisotopic (exact) mass is 231 g/mol. The summed E-state index contributed by atoms with van der Waals surface area (Å²) in [5.74, 6) is 0.277. The lowest BCUT2D eigenvalue weighted by Crippen LogP contribution is -2.22. The van der Waals surface area contributed by atoms with E-state index in [9.17, 15) is 0 Å². The number of aliphatic imine (C=N–C) groups is 1. The highest BCUT2D eigenvalue weighted by Crippen LogP contribution is 2.32. The lowest BCUT2D eigenvalue weighted by atomic mass is 10.2. The number of hydrogen-bond acceptors (Lipinski definition) is 1. The molecule has 0 amide bonds. The number of rotatable bonds is 1. The van der Waals surface area contributed by atoms with Crippen LogP contribution in [0.3, 0.4) is 0 Å². The highest BCUT2D eigenvalue weighted by molar-refractivity contribution is 6.40. The standard InChI is InChI=1S/C9H11Cl2N3/c1-5-3-4-6(10)8(7(5)11)14-9(12)13-2/h3-4H,1-2H3,(H3,12,13,14). The van der Waals surface area contributed by atoms with Crippen LogP contribution in [0.2, 0.25) is 10.0 Å². The van der Waals surface area contributed by atoms with Crippen LogP contribution in [0.4, 0.5) is 5.69 Å². The van der Waals surface area contributed by atoms with Crippen LogP contribution in [-0.2, 0) is 0 Å². The van der Waals surface area contributed by atoms with Gasteiger partial charge in [-0.1, -0.05) is 29.3 Å². The number of hydrogen-bond donors (Lipinski definition) is 2. The van der Waals surface area contributed by atoms with Crippen molar-refractivity contribution in [3.8, 4) is 0 Å². The predicted octanol–water partition coefficient (Wildman–Crippen LogP) is 2.66. The van der Waals surface area contributed by atoms with Gasteiger partial charge in [0.15, 0.2) is 5.96 Å². The summed E-state index contributed by atoms with van der Waals surface area (Å²) in [4.78, 5) is 3.76. The second-order valence-electron chi connectivity index (χ2n) is 2.79. The van der Waals surface area contributed by atoms with Gasteiger partial charge in [0.2, 0.25) is 0 Å². The number of halogens is 2. The van der Waals surface area contributed by atoms with E-state index in [1.807, 2.05) is 13.0 Å². The molecule has 0 fully saturated rings. The van der Waals surface area contributed by atoms with Crippen molar-refractivity contribution in [2.75, 3.05) is 12.4 Å². The van der Waals surface area contributed by atoms with Crippen molar-refractivity contribution in [2.24, 2.45) is 10.7 Å². The maximum atomic E-state index is 6.04. The zero-order valence-corrected chi connectivity index (χ0v) is 9.45. The number of guanidine groups is 1. The smallest absolute Gasteiger partial charge is 0.192 e. The zero-order valence-electron chi connectivity index (χ0n) is 7.94. The van der Waals surface area contributed by atoms with E-state index < -0.39 is 0 Å². The Balaban J connectivity index is 3.13. The molecule has 0 aliphatic carbocycles. The van der Waals surface area contributed by atoms with Gasteiger partial charge < -0.3 is 11.1 Å². The van der Waals surface area contributed by atoms with Crippen molar-refractivity contribution in [3.63, 3.8) is 0 Å². The molecule has 0 bridgehead atoms. The van der Waals surface area contributed by atoms with E-state index in [4.69, 9.17) is 28.9 Å². The highest BCUT2D eigenvalue weighted by atomic mass is 35.5. The van der Waals surface area contributed by atoms with Crippen LogP contribution in [0.25, 0.3) is 0 Å². The molecule has 0 radical (unpaired) electrons. The first-order valence-electron chi connectivity index (χ1n) is 4.00. The molecule has 14 heavy (non-hydrogen) atoms. The SMILES string of the molecule is CN=C(N)Nc1c(Cl)ccc(C)c1Cl. The van der Waals surface area contributed by atoms with Crippen LogP contribution in [-0.4, -0.2) is 13.0 Å². The molecule has 0 heterocycles. The van der Waals surface area contributed by atoms with E-state index in [1.54, 1.807) is 13.1 Å². The van der Waals surface area contributed by atoms with E-state index in [0.29, 0.717) is 15.7 Å². The molecule has 3 N–H and O–H groups in total. The Kier molecular flexibility index (Phi) is 3.61. The van der Waals surface area contributed by atoms with Crippen LogP contribution in [0, 0.1) is 6.92 Å². The van der Waals surface area contributed by atoms with Gasteiger partial charge in [0.25, 0.3) is 0 Å². The molecule has 76 valence electrons. The maximum absolute atomic E-state index is 6.04. The summed E-state index contributed by atoms with van der Waals surface area (Å²) in [5, 5.41) is 3.91. The number of nitrogens with one attached hydrogen (secondary N) is 1. The number of anilines is 1. The van der Waals surface area contributed by atoms with E-state index >= 15 is 0 Å². The van der Waals surface area contributed by atoms with Crippen LogP contribution in [0.15, 0.2) is 17.1 Å². The van der Waals surface area contributed by atoms with Crippen molar-refractivity contribution in [2.45, 2.75) is 6.92 Å². The average Bonchev–Trinajstić information content (AvgIpc) is 2.18. The van der Waals surface area contributed by atoms with Crippen molar-refractivity contribution in [1.29, 1.82) is 0 Å². The molecule has 0 aliphatic rings. The zero-order chi connectivity index (χ0) is 10.7. The average molecular weight is 232 g/mol. The molecule has 1 aromatic carbocycles. The van der Waals surface area contributed by atoms with Gasteiger partial charge in [-0.05, 0) is 18.6 Å². The molecule has 1 aromatic rings. The van der Waals surface area contributed by atoms with Gasteiger partial charge in [0.05, 0.1) is 15.7 Å². The molecule has 1 rings (SSSR count). The lowest BCUT2D eigenvalue weighted by Gasteiger charge is -2.10. The first-order chi connectivity index (χ1) is 6.56. The topological polar surface area (TPSA) is 50.4 Å². The molecule has 0 aromatic heterocycles. The predicted molar refractivity (Wildman–Crippen MR) is 62.4 cm³/mol. The molecule has 3 nitrogen and oxygen atoms in total. The molecule has 0 spiro atoms. The third-order valence-electron chi connectivity index (χ3n) is 1.78. The van der Waals surface area contributed by atoms with Crippen LogP contribution in [0.5, 0.6) is 0 Å². The molecule has 0 aliphatic heterocycles. The molecular weight excluding hydrogens is 221 g/mol. The van der Waals surface area contributed by atoms with Crippen LogP contribution in [0.1, 0.15) is 5.56 Å². The first-order valence-corrected chi connectivity index (χ1v) is 4.75. The normalized spacial score (nSPS) is 11.6. The minimum Gasteiger partial charge on any atom is -0.370 e. The van der Waals surface area contributed by atoms with Crippen molar-refractivity contribution in [1.82, 2.24) is 0 Å². The number of benzene rings is 1. The van der Waals surface area contributed by atoms with Gasteiger partial charge in [-0.3, -0.25) is 4.99 Å². The Morgan fingerprint density at radius 3 is 2.64 bits per heavy atom. The van der Waals surface area contributed by atoms with Crippen molar-refractivity contribution >= 4 is 34.8 Å². The Hall–Kier alpha value is -0.930. The van der Waals surface area contributed by atoms with Crippen LogP contribution >= 0.6 is 23.2 Å². The van der Waals surface area contributed by atoms with Crippen molar-refractivity contribution < 1.29 is 0 Å². The second kappa shape index (κ2) is 4.53. The fourth-order valence-electron chi connectivity index (χ4n) is 0.955. The van der Waals surface area contributed by atoms with Crippen LogP contribution < -0.4 is 11.1 Å². The van der Waals surface area contributed by atoms with Gasteiger partial charge >= 0.3 is 0 Å². The maximum Gasteiger partial charge on any atom is 0.192 e. The summed E-state index contributed by atoms with van der Waals surface area (Å²) in [6, 6.07) is 3.60. The number of nitrogens with two attached hydrogens (primary N) is 1. The summed E-state index contributed by atoms with van der Waals surface area (Å²) in [6.07, 6.45) is 0. The Morgan fingerprint density at radius 2 is 2.07 bits per heavy atom. The summed E-state index contributed by atoms with van der Waals surface area (Å²) in [6.45, 7) is 1.89. The van der Waals surface area contributed by atoms with Gasteiger partial charge in [-0.25, -0.2) is 0 Å². The lowest BCUT2D eigenvalue weighted by molar-refractivity contribution is 1.37. The Labute approximate surface area is 92.9 Å². The molecule has 0 unspecified atom stereocenters. The third kappa shape index (κ3) is 2.30. The molecule has 5 heteroatoms. The summed E-state index contributed by atoms with van der Waals surface area (Å²) in [7, 11) is 1.58. The summed E-state index contributed by atoms with van der Waals surface area (Å²) >= 11 is 12.0. The fourth-order valence-corrected chi connectivity index (χ4v) is 1.42. The largest absolute Gasteiger partial charge is 0.370 e. The molecule has 0 saturated heterocycles. The number of aryl methyl sites for hydroxylation is 1. The highest BCUT2D eigenvalue weighted by Gasteiger charge is 2.08. The summed E-state index contributed by atoms with van der Waals surface area (Å²) < 4.78 is 0. The molecule has 0 atom stereocenters.